The molecule has 1 aliphatic rings. The zero-order valence-corrected chi connectivity index (χ0v) is 15.3. The maximum absolute atomic E-state index is 12.5. The molecule has 0 spiro atoms. The molecule has 0 radical (unpaired) electrons. The Morgan fingerprint density at radius 2 is 2.00 bits per heavy atom. The van der Waals surface area contributed by atoms with E-state index in [4.69, 9.17) is 0 Å². The van der Waals surface area contributed by atoms with E-state index in [1.807, 2.05) is 49.5 Å². The van der Waals surface area contributed by atoms with Gasteiger partial charge in [-0.15, -0.1) is 12.4 Å². The maximum atomic E-state index is 12.5. The molecule has 25 heavy (non-hydrogen) atoms. The Balaban J connectivity index is 0.00000225. The molecule has 2 aromatic rings. The highest BCUT2D eigenvalue weighted by Crippen LogP contribution is 2.21. The van der Waals surface area contributed by atoms with E-state index in [0.29, 0.717) is 11.7 Å². The number of aliphatic hydroxyl groups excluding tert-OH is 1. The van der Waals surface area contributed by atoms with E-state index in [-0.39, 0.29) is 24.9 Å². The fourth-order valence-corrected chi connectivity index (χ4v) is 3.34. The number of halogens is 1. The van der Waals surface area contributed by atoms with Crippen molar-refractivity contribution in [2.75, 3.05) is 19.6 Å². The van der Waals surface area contributed by atoms with Gasteiger partial charge in [-0.1, -0.05) is 24.3 Å². The number of aromatic nitrogens is 1. The minimum atomic E-state index is -0.697. The number of nitrogens with one attached hydrogen (secondary N) is 2. The second-order valence-electron chi connectivity index (χ2n) is 6.36. The zero-order chi connectivity index (χ0) is 16.9. The topological polar surface area (TPSA) is 66.3 Å². The number of hydrogen-bond donors (Lipinski definition) is 3. The molecule has 1 aliphatic heterocycles. The van der Waals surface area contributed by atoms with Gasteiger partial charge in [-0.25, -0.2) is 0 Å². The number of piperidine rings is 1. The lowest BCUT2D eigenvalue weighted by Gasteiger charge is -2.26. The first-order valence-electron chi connectivity index (χ1n) is 8.56. The molecule has 1 aromatic heterocycles. The van der Waals surface area contributed by atoms with Gasteiger partial charge in [-0.3, -0.25) is 4.79 Å². The lowest BCUT2D eigenvalue weighted by Crippen LogP contribution is -2.33. The van der Waals surface area contributed by atoms with Gasteiger partial charge in [0, 0.05) is 18.8 Å². The number of aliphatic hydroxyl groups is 1. The Kier molecular flexibility index (Phi) is 7.05. The van der Waals surface area contributed by atoms with Crippen LogP contribution in [0.1, 0.15) is 46.6 Å². The highest BCUT2D eigenvalue weighted by Gasteiger charge is 2.20. The van der Waals surface area contributed by atoms with Crippen molar-refractivity contribution in [3.05, 3.63) is 59.4 Å². The number of hydrogen-bond acceptors (Lipinski definition) is 3. The highest BCUT2D eigenvalue weighted by atomic mass is 35.5. The normalized spacial score (nSPS) is 16.1. The fourth-order valence-electron chi connectivity index (χ4n) is 3.34. The van der Waals surface area contributed by atoms with Crippen LogP contribution in [0.3, 0.4) is 0 Å². The van der Waals surface area contributed by atoms with Crippen LogP contribution < -0.4 is 10.6 Å². The van der Waals surface area contributed by atoms with Crippen molar-refractivity contribution in [1.82, 2.24) is 15.2 Å². The minimum absolute atomic E-state index is 0. The SMILES string of the molecule is Cc1ccccc1C(O)CNC(=O)c1cccn1C1CCNCC1.Cl. The zero-order valence-electron chi connectivity index (χ0n) is 14.4. The third-order valence-corrected chi connectivity index (χ3v) is 4.72. The van der Waals surface area contributed by atoms with Gasteiger partial charge in [0.05, 0.1) is 6.10 Å². The summed E-state index contributed by atoms with van der Waals surface area (Å²) in [6.07, 6.45) is 3.34. The van der Waals surface area contributed by atoms with Crippen LogP contribution in [0.2, 0.25) is 0 Å². The Labute approximate surface area is 154 Å². The van der Waals surface area contributed by atoms with Crippen molar-refractivity contribution in [2.45, 2.75) is 31.9 Å². The molecule has 2 heterocycles. The number of benzene rings is 1. The lowest BCUT2D eigenvalue weighted by atomic mass is 10.0. The standard InChI is InChI=1S/C19H25N3O2.ClH/c1-14-5-2-3-6-16(14)18(23)13-21-19(24)17-7-4-12-22(17)15-8-10-20-11-9-15;/h2-7,12,15,18,20,23H,8-11,13H2,1H3,(H,21,24);1H. The van der Waals surface area contributed by atoms with Crippen molar-refractivity contribution in [3.8, 4) is 0 Å². The first-order chi connectivity index (χ1) is 11.7. The molecule has 0 aliphatic carbocycles. The molecule has 3 N–H and O–H groups in total. The molecule has 1 atom stereocenters. The van der Waals surface area contributed by atoms with E-state index >= 15 is 0 Å². The van der Waals surface area contributed by atoms with Crippen molar-refractivity contribution < 1.29 is 9.90 Å². The van der Waals surface area contributed by atoms with Gasteiger partial charge in [0.15, 0.2) is 0 Å². The predicted molar refractivity (Wildman–Crippen MR) is 101 cm³/mol. The van der Waals surface area contributed by atoms with E-state index in [2.05, 4.69) is 15.2 Å². The average molecular weight is 364 g/mol. The first kappa shape index (κ1) is 19.5. The van der Waals surface area contributed by atoms with Gasteiger partial charge in [-0.2, -0.15) is 0 Å². The van der Waals surface area contributed by atoms with Crippen LogP contribution >= 0.6 is 12.4 Å². The summed E-state index contributed by atoms with van der Waals surface area (Å²) in [6.45, 7) is 4.13. The number of rotatable bonds is 5. The molecule has 0 bridgehead atoms. The Morgan fingerprint density at radius 3 is 2.72 bits per heavy atom. The molecule has 1 aromatic carbocycles. The van der Waals surface area contributed by atoms with Crippen molar-refractivity contribution in [2.24, 2.45) is 0 Å². The number of amides is 1. The van der Waals surface area contributed by atoms with Gasteiger partial charge in [0.2, 0.25) is 0 Å². The van der Waals surface area contributed by atoms with E-state index in [9.17, 15) is 9.90 Å². The smallest absolute Gasteiger partial charge is 0.268 e. The monoisotopic (exact) mass is 363 g/mol. The van der Waals surface area contributed by atoms with E-state index in [1.54, 1.807) is 0 Å². The Hall–Kier alpha value is -1.82. The van der Waals surface area contributed by atoms with Crippen molar-refractivity contribution in [1.29, 1.82) is 0 Å². The van der Waals surface area contributed by atoms with Crippen LogP contribution in [0.15, 0.2) is 42.6 Å². The number of carbonyl (C=O) groups is 1. The van der Waals surface area contributed by atoms with Crippen LogP contribution in [-0.2, 0) is 0 Å². The molecule has 1 amide bonds. The van der Waals surface area contributed by atoms with Gasteiger partial charge >= 0.3 is 0 Å². The van der Waals surface area contributed by atoms with E-state index in [0.717, 1.165) is 37.1 Å². The van der Waals surface area contributed by atoms with Crippen LogP contribution in [0.25, 0.3) is 0 Å². The predicted octanol–water partition coefficient (Wildman–Crippen LogP) is 2.61. The summed E-state index contributed by atoms with van der Waals surface area (Å²) in [5.74, 6) is -0.133. The summed E-state index contributed by atoms with van der Waals surface area (Å²) in [7, 11) is 0. The molecule has 3 rings (SSSR count). The summed E-state index contributed by atoms with van der Waals surface area (Å²) >= 11 is 0. The number of nitrogens with zero attached hydrogens (tertiary/aromatic N) is 1. The quantitative estimate of drug-likeness (QED) is 0.765. The van der Waals surface area contributed by atoms with Crippen LogP contribution in [0.4, 0.5) is 0 Å². The van der Waals surface area contributed by atoms with Gasteiger partial charge < -0.3 is 20.3 Å². The van der Waals surface area contributed by atoms with Gasteiger partial charge in [0.1, 0.15) is 5.69 Å². The summed E-state index contributed by atoms with van der Waals surface area (Å²) in [5.41, 5.74) is 2.54. The van der Waals surface area contributed by atoms with Crippen LogP contribution in [0, 0.1) is 6.92 Å². The van der Waals surface area contributed by atoms with Crippen molar-refractivity contribution >= 4 is 18.3 Å². The third kappa shape index (κ3) is 4.63. The first-order valence-corrected chi connectivity index (χ1v) is 8.56. The Bertz CT molecular complexity index is 695. The number of carbonyl (C=O) groups excluding carboxylic acids is 1. The molecule has 5 nitrogen and oxygen atoms in total. The average Bonchev–Trinajstić information content (AvgIpc) is 3.10. The van der Waals surface area contributed by atoms with E-state index < -0.39 is 6.10 Å². The largest absolute Gasteiger partial charge is 0.387 e. The van der Waals surface area contributed by atoms with Gasteiger partial charge in [-0.05, 0) is 56.1 Å². The summed E-state index contributed by atoms with van der Waals surface area (Å²) in [4.78, 5) is 12.5. The summed E-state index contributed by atoms with van der Waals surface area (Å²) in [5, 5.41) is 16.5. The third-order valence-electron chi connectivity index (χ3n) is 4.72. The van der Waals surface area contributed by atoms with Crippen LogP contribution in [0.5, 0.6) is 0 Å². The number of aryl methyl sites for hydroxylation is 1. The fraction of sp³-hybridized carbons (Fsp3) is 0.421. The molecular weight excluding hydrogens is 338 g/mol. The van der Waals surface area contributed by atoms with Crippen molar-refractivity contribution in [3.63, 3.8) is 0 Å². The summed E-state index contributed by atoms with van der Waals surface area (Å²) in [6, 6.07) is 11.8. The molecule has 1 saturated heterocycles. The Morgan fingerprint density at radius 1 is 1.28 bits per heavy atom. The molecule has 6 heteroatoms. The lowest BCUT2D eigenvalue weighted by molar-refractivity contribution is 0.0903. The molecule has 0 saturated carbocycles. The maximum Gasteiger partial charge on any atom is 0.268 e. The minimum Gasteiger partial charge on any atom is -0.387 e. The van der Waals surface area contributed by atoms with Crippen LogP contribution in [-0.4, -0.2) is 35.2 Å². The second-order valence-corrected chi connectivity index (χ2v) is 6.36. The van der Waals surface area contributed by atoms with E-state index in [1.165, 1.54) is 0 Å². The molecule has 1 fully saturated rings. The molecule has 1 unspecified atom stereocenters. The molecule has 136 valence electrons. The summed E-state index contributed by atoms with van der Waals surface area (Å²) < 4.78 is 2.07. The van der Waals surface area contributed by atoms with Gasteiger partial charge in [0.25, 0.3) is 5.91 Å². The molecular formula is C19H26ClN3O2. The second kappa shape index (κ2) is 9.04. The highest BCUT2D eigenvalue weighted by molar-refractivity contribution is 5.92.